The number of nitrogens with zero attached hydrogens (tertiary/aromatic N) is 2. The minimum atomic E-state index is 0.0271. The van der Waals surface area contributed by atoms with Gasteiger partial charge in [-0.05, 0) is 77.2 Å². The molecule has 2 aliphatic rings. The first-order chi connectivity index (χ1) is 17.7. The van der Waals surface area contributed by atoms with E-state index < -0.39 is 0 Å². The lowest BCUT2D eigenvalue weighted by atomic mass is 9.97. The zero-order valence-corrected chi connectivity index (χ0v) is 22.2. The molecule has 4 nitrogen and oxygen atoms in total. The van der Waals surface area contributed by atoms with E-state index in [4.69, 9.17) is 4.98 Å². The molecule has 0 fully saturated rings. The smallest absolute Gasteiger partial charge is 0.253 e. The summed E-state index contributed by atoms with van der Waals surface area (Å²) in [5, 5.41) is 6.33. The third kappa shape index (κ3) is 5.89. The van der Waals surface area contributed by atoms with Gasteiger partial charge in [-0.1, -0.05) is 53.6 Å². The molecule has 2 aromatic heterocycles. The number of nitrogens with one attached hydrogen (secondary N) is 1. The number of amides is 1. The molecular weight excluding hydrogens is 462 g/mol. The highest BCUT2D eigenvalue weighted by molar-refractivity contribution is 7.13. The Hall–Kier alpha value is -2.92. The average molecular weight is 500 g/mol. The summed E-state index contributed by atoms with van der Waals surface area (Å²) in [6, 6.07) is 12.4. The van der Waals surface area contributed by atoms with Crippen LogP contribution in [0.2, 0.25) is 0 Å². The van der Waals surface area contributed by atoms with Crippen LogP contribution in [-0.2, 0) is 6.54 Å². The average Bonchev–Trinajstić information content (AvgIpc) is 3.54. The maximum atomic E-state index is 13.3. The Balaban J connectivity index is 1.38. The van der Waals surface area contributed by atoms with E-state index in [2.05, 4.69) is 52.5 Å². The van der Waals surface area contributed by atoms with E-state index in [9.17, 15) is 4.79 Å². The van der Waals surface area contributed by atoms with Crippen LogP contribution in [0, 0.1) is 6.92 Å². The summed E-state index contributed by atoms with van der Waals surface area (Å²) in [4.78, 5) is 18.3. The van der Waals surface area contributed by atoms with Gasteiger partial charge in [0.15, 0.2) is 0 Å². The first-order valence-electron chi connectivity index (χ1n) is 13.5. The van der Waals surface area contributed by atoms with E-state index in [0.717, 1.165) is 52.6 Å². The van der Waals surface area contributed by atoms with Gasteiger partial charge in [-0.25, -0.2) is 4.98 Å². The van der Waals surface area contributed by atoms with Gasteiger partial charge in [0, 0.05) is 29.7 Å². The van der Waals surface area contributed by atoms with Crippen molar-refractivity contribution in [2.75, 3.05) is 6.54 Å². The Morgan fingerprint density at radius 1 is 1.00 bits per heavy atom. The Morgan fingerprint density at radius 2 is 1.72 bits per heavy atom. The van der Waals surface area contributed by atoms with E-state index >= 15 is 0 Å². The van der Waals surface area contributed by atoms with Crippen LogP contribution in [0.4, 0.5) is 0 Å². The fraction of sp³-hybridized carbons (Fsp3) is 0.419. The van der Waals surface area contributed by atoms with Gasteiger partial charge in [-0.2, -0.15) is 0 Å². The molecule has 1 N–H and O–H groups in total. The number of rotatable bonds is 9. The van der Waals surface area contributed by atoms with E-state index in [1.807, 2.05) is 18.2 Å². The highest BCUT2D eigenvalue weighted by atomic mass is 32.1. The number of aromatic nitrogens is 2. The third-order valence-electron chi connectivity index (χ3n) is 7.56. The summed E-state index contributed by atoms with van der Waals surface area (Å²) in [6.45, 7) is 3.67. The molecule has 5 heteroatoms. The topological polar surface area (TPSA) is 46.9 Å². The quantitative estimate of drug-likeness (QED) is 0.302. The van der Waals surface area contributed by atoms with Crippen molar-refractivity contribution < 1.29 is 4.79 Å². The molecule has 0 radical (unpaired) electrons. The second-order valence-electron chi connectivity index (χ2n) is 10.1. The van der Waals surface area contributed by atoms with Crippen LogP contribution >= 0.6 is 11.3 Å². The van der Waals surface area contributed by atoms with E-state index in [1.54, 1.807) is 16.9 Å². The number of allylic oxidation sites excluding steroid dienone is 3. The molecule has 5 rings (SSSR count). The van der Waals surface area contributed by atoms with Gasteiger partial charge >= 0.3 is 0 Å². The second-order valence-corrected chi connectivity index (χ2v) is 10.9. The molecule has 36 heavy (non-hydrogen) atoms. The van der Waals surface area contributed by atoms with Crippen molar-refractivity contribution in [3.8, 4) is 22.0 Å². The first kappa shape index (κ1) is 24.8. The van der Waals surface area contributed by atoms with Crippen molar-refractivity contribution in [3.05, 3.63) is 76.3 Å². The van der Waals surface area contributed by atoms with Crippen LogP contribution < -0.4 is 5.32 Å². The SMILES string of the molecule is Cc1c(C(=O)NCCC2=CCCCC2)cc(-c2csc(-c3ccccc3)n2)n1CCC1=CCCCC1. The normalized spacial score (nSPS) is 15.9. The van der Waals surface area contributed by atoms with Crippen molar-refractivity contribution >= 4 is 17.2 Å². The largest absolute Gasteiger partial charge is 0.352 e. The molecule has 0 saturated carbocycles. The third-order valence-corrected chi connectivity index (χ3v) is 8.45. The molecule has 2 heterocycles. The molecule has 0 spiro atoms. The van der Waals surface area contributed by atoms with Crippen molar-refractivity contribution in [2.24, 2.45) is 0 Å². The predicted molar refractivity (Wildman–Crippen MR) is 150 cm³/mol. The molecule has 2 aliphatic carbocycles. The van der Waals surface area contributed by atoms with Crippen LogP contribution in [0.15, 0.2) is 65.1 Å². The van der Waals surface area contributed by atoms with Crippen molar-refractivity contribution in [1.82, 2.24) is 14.9 Å². The van der Waals surface area contributed by atoms with Gasteiger partial charge in [0.25, 0.3) is 5.91 Å². The van der Waals surface area contributed by atoms with E-state index in [1.165, 1.54) is 56.9 Å². The minimum Gasteiger partial charge on any atom is -0.352 e. The molecule has 3 aromatic rings. The van der Waals surface area contributed by atoms with Gasteiger partial charge in [0.1, 0.15) is 5.01 Å². The van der Waals surface area contributed by atoms with Crippen molar-refractivity contribution in [3.63, 3.8) is 0 Å². The number of thiazole rings is 1. The van der Waals surface area contributed by atoms with Gasteiger partial charge in [0.05, 0.1) is 17.0 Å². The number of hydrogen-bond donors (Lipinski definition) is 1. The first-order valence-corrected chi connectivity index (χ1v) is 14.4. The van der Waals surface area contributed by atoms with E-state index in [0.29, 0.717) is 6.54 Å². The fourth-order valence-electron chi connectivity index (χ4n) is 5.43. The summed E-state index contributed by atoms with van der Waals surface area (Å²) in [5.41, 5.74) is 7.97. The molecule has 0 saturated heterocycles. The number of hydrogen-bond acceptors (Lipinski definition) is 3. The van der Waals surface area contributed by atoms with Crippen LogP contribution in [0.25, 0.3) is 22.0 Å². The summed E-state index contributed by atoms with van der Waals surface area (Å²) in [5.74, 6) is 0.0271. The molecule has 1 aromatic carbocycles. The summed E-state index contributed by atoms with van der Waals surface area (Å²) >= 11 is 1.66. The number of carbonyl (C=O) groups is 1. The van der Waals surface area contributed by atoms with Gasteiger partial charge in [0.2, 0.25) is 0 Å². The fourth-order valence-corrected chi connectivity index (χ4v) is 6.25. The Bertz CT molecular complexity index is 1250. The maximum Gasteiger partial charge on any atom is 0.253 e. The van der Waals surface area contributed by atoms with Crippen molar-refractivity contribution in [2.45, 2.75) is 77.7 Å². The molecule has 0 bridgehead atoms. The van der Waals surface area contributed by atoms with Crippen LogP contribution in [0.5, 0.6) is 0 Å². The van der Waals surface area contributed by atoms with Crippen LogP contribution in [-0.4, -0.2) is 22.0 Å². The number of benzene rings is 1. The summed E-state index contributed by atoms with van der Waals surface area (Å²) in [6.07, 6.45) is 16.7. The molecule has 188 valence electrons. The maximum absolute atomic E-state index is 13.3. The lowest BCUT2D eigenvalue weighted by Crippen LogP contribution is -2.25. The summed E-state index contributed by atoms with van der Waals surface area (Å²) in [7, 11) is 0. The monoisotopic (exact) mass is 499 g/mol. The molecule has 0 aliphatic heterocycles. The Morgan fingerprint density at radius 3 is 2.42 bits per heavy atom. The van der Waals surface area contributed by atoms with Crippen LogP contribution in [0.3, 0.4) is 0 Å². The lowest BCUT2D eigenvalue weighted by Gasteiger charge is -2.16. The summed E-state index contributed by atoms with van der Waals surface area (Å²) < 4.78 is 2.32. The predicted octanol–water partition coefficient (Wildman–Crippen LogP) is 8.10. The minimum absolute atomic E-state index is 0.0271. The Kier molecular flexibility index (Phi) is 8.17. The second kappa shape index (κ2) is 11.9. The zero-order chi connectivity index (χ0) is 24.7. The van der Waals surface area contributed by atoms with Gasteiger partial charge in [-0.15, -0.1) is 11.3 Å². The highest BCUT2D eigenvalue weighted by Gasteiger charge is 2.21. The molecular formula is C31H37N3OS. The molecule has 0 atom stereocenters. The Labute approximate surface area is 219 Å². The van der Waals surface area contributed by atoms with Crippen molar-refractivity contribution in [1.29, 1.82) is 0 Å². The lowest BCUT2D eigenvalue weighted by molar-refractivity contribution is 0.0953. The highest BCUT2D eigenvalue weighted by Crippen LogP contribution is 2.32. The molecule has 0 unspecified atom stereocenters. The van der Waals surface area contributed by atoms with Gasteiger partial charge in [-0.3, -0.25) is 4.79 Å². The van der Waals surface area contributed by atoms with Crippen LogP contribution in [0.1, 0.15) is 80.3 Å². The zero-order valence-electron chi connectivity index (χ0n) is 21.4. The molecule has 1 amide bonds. The van der Waals surface area contributed by atoms with Gasteiger partial charge < -0.3 is 9.88 Å². The standard InChI is InChI=1S/C31H37N3OS/c1-23-27(30(35)32-19-17-24-11-5-2-6-12-24)21-29(34(23)20-18-25-13-7-3-8-14-25)28-22-36-31(33-28)26-15-9-4-10-16-26/h4,9-11,13,15-16,21-22H,2-3,5-8,12,14,17-20H2,1H3,(H,32,35). The number of carbonyl (C=O) groups excluding carboxylic acids is 1. The van der Waals surface area contributed by atoms with E-state index in [-0.39, 0.29) is 5.91 Å².